The Morgan fingerprint density at radius 1 is 1.07 bits per heavy atom. The summed E-state index contributed by atoms with van der Waals surface area (Å²) in [5, 5.41) is 2.91. The molecule has 3 aromatic rings. The number of oxazole rings is 1. The van der Waals surface area contributed by atoms with E-state index in [9.17, 15) is 4.79 Å². The van der Waals surface area contributed by atoms with Gasteiger partial charge in [-0.15, -0.1) is 0 Å². The number of benzene rings is 2. The number of anilines is 1. The highest BCUT2D eigenvalue weighted by Crippen LogP contribution is 2.24. The molecule has 0 aliphatic rings. The van der Waals surface area contributed by atoms with Crippen LogP contribution in [0.1, 0.15) is 19.5 Å². The van der Waals surface area contributed by atoms with E-state index in [0.29, 0.717) is 29.6 Å². The monoisotopic (exact) mass is 393 g/mol. The van der Waals surface area contributed by atoms with Crippen molar-refractivity contribution in [2.45, 2.75) is 20.3 Å². The molecule has 0 saturated heterocycles. The molecule has 0 saturated carbocycles. The second kappa shape index (κ2) is 10.4. The third-order valence-corrected chi connectivity index (χ3v) is 4.63. The zero-order chi connectivity index (χ0) is 20.5. The Labute approximate surface area is 171 Å². The van der Waals surface area contributed by atoms with Crippen LogP contribution < -0.4 is 10.1 Å². The van der Waals surface area contributed by atoms with E-state index in [1.54, 1.807) is 0 Å². The fraction of sp³-hybridized carbons (Fsp3) is 0.304. The number of hydrogen-bond acceptors (Lipinski definition) is 5. The van der Waals surface area contributed by atoms with E-state index in [-0.39, 0.29) is 12.3 Å². The molecule has 152 valence electrons. The van der Waals surface area contributed by atoms with Gasteiger partial charge in [0.05, 0.1) is 17.8 Å². The number of nitrogens with zero attached hydrogens (tertiary/aromatic N) is 2. The Kier molecular flexibility index (Phi) is 7.41. The predicted octanol–water partition coefficient (Wildman–Crippen LogP) is 4.24. The SMILES string of the molecule is CCN(CC)CCOc1ccccc1NC(=O)Cc1coc(-c2ccccc2)n1. The van der Waals surface area contributed by atoms with E-state index in [1.807, 2.05) is 54.6 Å². The van der Waals surface area contributed by atoms with Crippen LogP contribution in [0.4, 0.5) is 5.69 Å². The van der Waals surface area contributed by atoms with Crippen LogP contribution in [-0.4, -0.2) is 42.0 Å². The molecule has 0 atom stereocenters. The quantitative estimate of drug-likeness (QED) is 0.558. The molecule has 0 radical (unpaired) electrons. The topological polar surface area (TPSA) is 67.6 Å². The number of carbonyl (C=O) groups excluding carboxylic acids is 1. The molecule has 6 nitrogen and oxygen atoms in total. The standard InChI is InChI=1S/C23H27N3O3/c1-3-26(4-2)14-15-28-21-13-9-8-12-20(21)25-22(27)16-19-17-29-23(24-19)18-10-6-5-7-11-18/h5-13,17H,3-4,14-16H2,1-2H3,(H,25,27). The van der Waals surface area contributed by atoms with Crippen LogP contribution in [0.15, 0.2) is 65.3 Å². The first-order valence-corrected chi connectivity index (χ1v) is 9.93. The third kappa shape index (κ3) is 5.93. The summed E-state index contributed by atoms with van der Waals surface area (Å²) in [6, 6.07) is 17.1. The summed E-state index contributed by atoms with van der Waals surface area (Å²) >= 11 is 0. The molecule has 1 amide bonds. The molecule has 0 bridgehead atoms. The van der Waals surface area contributed by atoms with Crippen molar-refractivity contribution >= 4 is 11.6 Å². The van der Waals surface area contributed by atoms with Crippen molar-refractivity contribution in [1.82, 2.24) is 9.88 Å². The minimum Gasteiger partial charge on any atom is -0.490 e. The molecule has 1 aromatic heterocycles. The molecule has 2 aromatic carbocycles. The Balaban J connectivity index is 1.58. The van der Waals surface area contributed by atoms with Gasteiger partial charge in [0.15, 0.2) is 0 Å². The van der Waals surface area contributed by atoms with Crippen LogP contribution in [-0.2, 0) is 11.2 Å². The number of para-hydroxylation sites is 2. The van der Waals surface area contributed by atoms with Crippen LogP contribution >= 0.6 is 0 Å². The summed E-state index contributed by atoms with van der Waals surface area (Å²) in [4.78, 5) is 19.2. The summed E-state index contributed by atoms with van der Waals surface area (Å²) in [6.07, 6.45) is 1.65. The van der Waals surface area contributed by atoms with Crippen LogP contribution in [0.25, 0.3) is 11.5 Å². The van der Waals surface area contributed by atoms with Gasteiger partial charge in [-0.25, -0.2) is 4.98 Å². The number of hydrogen-bond donors (Lipinski definition) is 1. The largest absolute Gasteiger partial charge is 0.490 e. The van der Waals surface area contributed by atoms with Crippen molar-refractivity contribution in [3.63, 3.8) is 0 Å². The first-order valence-electron chi connectivity index (χ1n) is 9.93. The molecule has 1 heterocycles. The van der Waals surface area contributed by atoms with Crippen molar-refractivity contribution in [3.8, 4) is 17.2 Å². The van der Waals surface area contributed by atoms with Crippen molar-refractivity contribution in [2.24, 2.45) is 0 Å². The molecule has 0 unspecified atom stereocenters. The van der Waals surface area contributed by atoms with Gasteiger partial charge < -0.3 is 19.4 Å². The molecule has 0 fully saturated rings. The molecular weight excluding hydrogens is 366 g/mol. The maximum absolute atomic E-state index is 12.5. The Hall–Kier alpha value is -3.12. The molecular formula is C23H27N3O3. The van der Waals surface area contributed by atoms with Gasteiger partial charge in [-0.3, -0.25) is 4.79 Å². The lowest BCUT2D eigenvalue weighted by molar-refractivity contribution is -0.115. The number of amides is 1. The van der Waals surface area contributed by atoms with E-state index in [0.717, 1.165) is 25.2 Å². The van der Waals surface area contributed by atoms with Gasteiger partial charge in [0.2, 0.25) is 11.8 Å². The number of rotatable bonds is 10. The number of carbonyl (C=O) groups is 1. The van der Waals surface area contributed by atoms with Crippen LogP contribution in [0.5, 0.6) is 5.75 Å². The lowest BCUT2D eigenvalue weighted by Gasteiger charge is -2.19. The van der Waals surface area contributed by atoms with E-state index in [1.165, 1.54) is 6.26 Å². The van der Waals surface area contributed by atoms with Crippen molar-refractivity contribution in [2.75, 3.05) is 31.6 Å². The van der Waals surface area contributed by atoms with Crippen molar-refractivity contribution in [1.29, 1.82) is 0 Å². The van der Waals surface area contributed by atoms with Crippen LogP contribution in [0.2, 0.25) is 0 Å². The first-order chi connectivity index (χ1) is 14.2. The highest BCUT2D eigenvalue weighted by molar-refractivity contribution is 5.93. The molecule has 3 rings (SSSR count). The Bertz CT molecular complexity index is 904. The van der Waals surface area contributed by atoms with Gasteiger partial charge in [0.25, 0.3) is 0 Å². The van der Waals surface area contributed by atoms with E-state index < -0.39 is 0 Å². The summed E-state index contributed by atoms with van der Waals surface area (Å²) in [5.41, 5.74) is 2.12. The van der Waals surface area contributed by atoms with Crippen LogP contribution in [0, 0.1) is 0 Å². The zero-order valence-corrected chi connectivity index (χ0v) is 16.9. The van der Waals surface area contributed by atoms with Crippen LogP contribution in [0.3, 0.4) is 0 Å². The maximum atomic E-state index is 12.5. The van der Waals surface area contributed by atoms with Gasteiger partial charge >= 0.3 is 0 Å². The smallest absolute Gasteiger partial charge is 0.230 e. The second-order valence-electron chi connectivity index (χ2n) is 6.61. The first kappa shape index (κ1) is 20.6. The number of likely N-dealkylation sites (N-methyl/N-ethyl adjacent to an activating group) is 1. The molecule has 0 aliphatic carbocycles. The number of ether oxygens (including phenoxy) is 1. The van der Waals surface area contributed by atoms with Gasteiger partial charge in [-0.2, -0.15) is 0 Å². The minimum atomic E-state index is -0.169. The lowest BCUT2D eigenvalue weighted by atomic mass is 10.2. The minimum absolute atomic E-state index is 0.129. The molecule has 1 N–H and O–H groups in total. The summed E-state index contributed by atoms with van der Waals surface area (Å²) in [6.45, 7) is 7.64. The maximum Gasteiger partial charge on any atom is 0.230 e. The average Bonchev–Trinajstić information content (AvgIpc) is 3.21. The molecule has 29 heavy (non-hydrogen) atoms. The second-order valence-corrected chi connectivity index (χ2v) is 6.61. The van der Waals surface area contributed by atoms with Gasteiger partial charge in [-0.05, 0) is 37.4 Å². The normalized spacial score (nSPS) is 10.9. The van der Waals surface area contributed by atoms with E-state index >= 15 is 0 Å². The van der Waals surface area contributed by atoms with E-state index in [4.69, 9.17) is 9.15 Å². The average molecular weight is 393 g/mol. The highest BCUT2D eigenvalue weighted by Gasteiger charge is 2.13. The highest BCUT2D eigenvalue weighted by atomic mass is 16.5. The fourth-order valence-electron chi connectivity index (χ4n) is 2.98. The fourth-order valence-corrected chi connectivity index (χ4v) is 2.98. The molecule has 0 spiro atoms. The predicted molar refractivity (Wildman–Crippen MR) is 114 cm³/mol. The number of aromatic nitrogens is 1. The summed E-state index contributed by atoms with van der Waals surface area (Å²) < 4.78 is 11.4. The van der Waals surface area contributed by atoms with Gasteiger partial charge in [0, 0.05) is 12.1 Å². The van der Waals surface area contributed by atoms with Gasteiger partial charge in [-0.1, -0.05) is 44.2 Å². The lowest BCUT2D eigenvalue weighted by Crippen LogP contribution is -2.28. The zero-order valence-electron chi connectivity index (χ0n) is 16.9. The summed E-state index contributed by atoms with van der Waals surface area (Å²) in [7, 11) is 0. The van der Waals surface area contributed by atoms with Crippen molar-refractivity contribution in [3.05, 3.63) is 66.6 Å². The van der Waals surface area contributed by atoms with Gasteiger partial charge in [0.1, 0.15) is 18.6 Å². The Morgan fingerprint density at radius 3 is 2.55 bits per heavy atom. The Morgan fingerprint density at radius 2 is 1.79 bits per heavy atom. The van der Waals surface area contributed by atoms with E-state index in [2.05, 4.69) is 29.0 Å². The third-order valence-electron chi connectivity index (χ3n) is 4.63. The number of nitrogens with one attached hydrogen (secondary N) is 1. The van der Waals surface area contributed by atoms with Crippen molar-refractivity contribution < 1.29 is 13.9 Å². The molecule has 6 heteroatoms. The molecule has 0 aliphatic heterocycles. The summed E-state index contributed by atoms with van der Waals surface area (Å²) in [5.74, 6) is 1.00.